The maximum Gasteiger partial charge on any atom is 0.240 e. The highest BCUT2D eigenvalue weighted by atomic mass is 32.2. The van der Waals surface area contributed by atoms with Gasteiger partial charge in [0.05, 0.1) is 16.5 Å². The quantitative estimate of drug-likeness (QED) is 0.770. The topological polar surface area (TPSA) is 79.2 Å². The number of sulfonamides is 1. The molecule has 19 heavy (non-hydrogen) atoms. The Kier molecular flexibility index (Phi) is 5.96. The van der Waals surface area contributed by atoms with Gasteiger partial charge in [0.15, 0.2) is 0 Å². The minimum atomic E-state index is -3.55. The van der Waals surface area contributed by atoms with Crippen molar-refractivity contribution in [2.24, 2.45) is 0 Å². The summed E-state index contributed by atoms with van der Waals surface area (Å²) in [6.07, 6.45) is 1.51. The highest BCUT2D eigenvalue weighted by molar-refractivity contribution is 7.89. The summed E-state index contributed by atoms with van der Waals surface area (Å²) < 4.78 is 31.6. The second-order valence-corrected chi connectivity index (χ2v) is 5.93. The zero-order valence-corrected chi connectivity index (χ0v) is 12.0. The molecular formula is C13H18N2O3S. The Morgan fingerprint density at radius 2 is 2.11 bits per heavy atom. The van der Waals surface area contributed by atoms with E-state index < -0.39 is 10.0 Å². The smallest absolute Gasteiger partial charge is 0.240 e. The number of ether oxygens (including phenoxy) is 1. The van der Waals surface area contributed by atoms with Crippen LogP contribution in [0.1, 0.15) is 24.0 Å². The van der Waals surface area contributed by atoms with Crippen LogP contribution in [0.4, 0.5) is 0 Å². The predicted octanol–water partition coefficient (Wildman–Crippen LogP) is 1.57. The van der Waals surface area contributed by atoms with Crippen molar-refractivity contribution in [3.63, 3.8) is 0 Å². The highest BCUT2D eigenvalue weighted by Gasteiger charge is 2.16. The van der Waals surface area contributed by atoms with Crippen molar-refractivity contribution in [3.8, 4) is 6.07 Å². The summed E-state index contributed by atoms with van der Waals surface area (Å²) in [6, 6.07) is 6.58. The predicted molar refractivity (Wildman–Crippen MR) is 72.2 cm³/mol. The van der Waals surface area contributed by atoms with Crippen molar-refractivity contribution in [2.45, 2.75) is 24.7 Å². The summed E-state index contributed by atoms with van der Waals surface area (Å²) in [5.41, 5.74) is 0.966. The molecule has 1 aromatic carbocycles. The van der Waals surface area contributed by atoms with Crippen LogP contribution in [0.3, 0.4) is 0 Å². The molecular weight excluding hydrogens is 264 g/mol. The number of hydrogen-bond donors (Lipinski definition) is 1. The summed E-state index contributed by atoms with van der Waals surface area (Å²) in [4.78, 5) is 0.165. The number of hydrogen-bond acceptors (Lipinski definition) is 4. The Morgan fingerprint density at radius 1 is 1.37 bits per heavy atom. The van der Waals surface area contributed by atoms with E-state index in [0.717, 1.165) is 6.42 Å². The van der Waals surface area contributed by atoms with Gasteiger partial charge in [-0.15, -0.1) is 0 Å². The van der Waals surface area contributed by atoms with Gasteiger partial charge < -0.3 is 4.74 Å². The first kappa shape index (κ1) is 15.6. The normalized spacial score (nSPS) is 11.2. The van der Waals surface area contributed by atoms with E-state index in [1.54, 1.807) is 26.2 Å². The molecule has 104 valence electrons. The number of unbranched alkanes of at least 4 members (excludes halogenated alkanes) is 1. The summed E-state index contributed by atoms with van der Waals surface area (Å²) in [6.45, 7) is 2.69. The van der Waals surface area contributed by atoms with Crippen LogP contribution in [0.15, 0.2) is 23.1 Å². The van der Waals surface area contributed by atoms with E-state index in [1.807, 2.05) is 6.07 Å². The molecule has 0 bridgehead atoms. The van der Waals surface area contributed by atoms with Crippen LogP contribution in [0.5, 0.6) is 0 Å². The molecule has 0 aliphatic heterocycles. The molecule has 0 heterocycles. The number of nitrogens with one attached hydrogen (secondary N) is 1. The second-order valence-electron chi connectivity index (χ2n) is 4.19. The first-order chi connectivity index (χ1) is 9.01. The van der Waals surface area contributed by atoms with Crippen molar-refractivity contribution in [3.05, 3.63) is 29.3 Å². The lowest BCUT2D eigenvalue weighted by atomic mass is 10.2. The van der Waals surface area contributed by atoms with Gasteiger partial charge in [-0.25, -0.2) is 13.1 Å². The van der Waals surface area contributed by atoms with Crippen molar-refractivity contribution in [1.82, 2.24) is 4.72 Å². The Labute approximate surface area is 114 Å². The third-order valence-electron chi connectivity index (χ3n) is 2.67. The molecule has 0 amide bonds. The Balaban J connectivity index is 2.75. The van der Waals surface area contributed by atoms with Crippen molar-refractivity contribution in [1.29, 1.82) is 5.26 Å². The van der Waals surface area contributed by atoms with Gasteiger partial charge in [0, 0.05) is 20.3 Å². The number of methoxy groups -OCH3 is 1. The average molecular weight is 282 g/mol. The first-order valence-corrected chi connectivity index (χ1v) is 7.49. The van der Waals surface area contributed by atoms with Crippen LogP contribution in [0.2, 0.25) is 0 Å². The van der Waals surface area contributed by atoms with Gasteiger partial charge in [-0.05, 0) is 37.5 Å². The zero-order valence-electron chi connectivity index (χ0n) is 11.1. The fraction of sp³-hybridized carbons (Fsp3) is 0.462. The fourth-order valence-electron chi connectivity index (χ4n) is 1.61. The number of nitriles is 1. The van der Waals surface area contributed by atoms with Crippen LogP contribution in [-0.4, -0.2) is 28.7 Å². The third kappa shape index (κ3) is 4.63. The Morgan fingerprint density at radius 3 is 2.74 bits per heavy atom. The summed E-state index contributed by atoms with van der Waals surface area (Å²) in [7, 11) is -1.94. The van der Waals surface area contributed by atoms with E-state index in [9.17, 15) is 8.42 Å². The average Bonchev–Trinajstić information content (AvgIpc) is 2.39. The fourth-order valence-corrected chi connectivity index (χ4v) is 2.96. The Bertz CT molecular complexity index is 562. The van der Waals surface area contributed by atoms with E-state index in [2.05, 4.69) is 4.72 Å². The molecule has 0 aromatic heterocycles. The standard InChI is InChI=1S/C13H18N2O3S/c1-11-5-6-12(10-14)9-13(11)19(16,17)15-7-3-4-8-18-2/h5-6,9,15H,3-4,7-8H2,1-2H3. The molecule has 0 aliphatic rings. The largest absolute Gasteiger partial charge is 0.385 e. The first-order valence-electron chi connectivity index (χ1n) is 6.00. The maximum absolute atomic E-state index is 12.1. The SMILES string of the molecule is COCCCCNS(=O)(=O)c1cc(C#N)ccc1C. The molecule has 0 spiro atoms. The van der Waals surface area contributed by atoms with Crippen LogP contribution in [0, 0.1) is 18.3 Å². The van der Waals surface area contributed by atoms with Crippen LogP contribution in [-0.2, 0) is 14.8 Å². The minimum absolute atomic E-state index is 0.165. The summed E-state index contributed by atoms with van der Waals surface area (Å²) >= 11 is 0. The summed E-state index contributed by atoms with van der Waals surface area (Å²) in [5.74, 6) is 0. The van der Waals surface area contributed by atoms with Crippen LogP contribution >= 0.6 is 0 Å². The van der Waals surface area contributed by atoms with Gasteiger partial charge in [0.1, 0.15) is 0 Å². The lowest BCUT2D eigenvalue weighted by molar-refractivity contribution is 0.193. The van der Waals surface area contributed by atoms with Gasteiger partial charge >= 0.3 is 0 Å². The van der Waals surface area contributed by atoms with E-state index in [-0.39, 0.29) is 4.90 Å². The maximum atomic E-state index is 12.1. The van der Waals surface area contributed by atoms with Crippen LogP contribution in [0.25, 0.3) is 0 Å². The molecule has 6 heteroatoms. The molecule has 0 unspecified atom stereocenters. The molecule has 5 nitrogen and oxygen atoms in total. The van der Waals surface area contributed by atoms with Gasteiger partial charge in [-0.3, -0.25) is 0 Å². The van der Waals surface area contributed by atoms with E-state index in [4.69, 9.17) is 10.00 Å². The molecule has 0 radical (unpaired) electrons. The molecule has 0 atom stereocenters. The molecule has 1 N–H and O–H groups in total. The van der Waals surface area contributed by atoms with Gasteiger partial charge in [-0.1, -0.05) is 6.07 Å². The van der Waals surface area contributed by atoms with E-state index in [1.165, 1.54) is 6.07 Å². The molecule has 0 saturated carbocycles. The number of nitrogens with zero attached hydrogens (tertiary/aromatic N) is 1. The van der Waals surface area contributed by atoms with Crippen molar-refractivity contribution in [2.75, 3.05) is 20.3 Å². The van der Waals surface area contributed by atoms with Crippen molar-refractivity contribution < 1.29 is 13.2 Å². The molecule has 1 rings (SSSR count). The zero-order chi connectivity index (χ0) is 14.3. The van der Waals surface area contributed by atoms with Gasteiger partial charge in [0.25, 0.3) is 0 Å². The third-order valence-corrected chi connectivity index (χ3v) is 4.28. The Hall–Kier alpha value is -1.42. The molecule has 0 saturated heterocycles. The van der Waals surface area contributed by atoms with Gasteiger partial charge in [-0.2, -0.15) is 5.26 Å². The van der Waals surface area contributed by atoms with Gasteiger partial charge in [0.2, 0.25) is 10.0 Å². The molecule has 0 fully saturated rings. The van der Waals surface area contributed by atoms with Crippen molar-refractivity contribution >= 4 is 10.0 Å². The lowest BCUT2D eigenvalue weighted by Gasteiger charge is -2.09. The second kappa shape index (κ2) is 7.24. The van der Waals surface area contributed by atoms with E-state index in [0.29, 0.717) is 30.7 Å². The number of aryl methyl sites for hydroxylation is 1. The highest BCUT2D eigenvalue weighted by Crippen LogP contribution is 2.16. The molecule has 0 aliphatic carbocycles. The number of rotatable bonds is 7. The minimum Gasteiger partial charge on any atom is -0.385 e. The monoisotopic (exact) mass is 282 g/mol. The van der Waals surface area contributed by atoms with Crippen LogP contribution < -0.4 is 4.72 Å². The lowest BCUT2D eigenvalue weighted by Crippen LogP contribution is -2.25. The summed E-state index contributed by atoms with van der Waals surface area (Å²) in [5, 5.41) is 8.81. The molecule has 1 aromatic rings. The number of benzene rings is 1. The van der Waals surface area contributed by atoms with E-state index >= 15 is 0 Å².